The zero-order valence-corrected chi connectivity index (χ0v) is 20.9. The van der Waals surface area contributed by atoms with Gasteiger partial charge in [-0.05, 0) is 70.7 Å². The van der Waals surface area contributed by atoms with E-state index in [2.05, 4.69) is 16.7 Å². The second-order valence-corrected chi connectivity index (χ2v) is 9.27. The van der Waals surface area contributed by atoms with Crippen molar-refractivity contribution in [3.63, 3.8) is 0 Å². The summed E-state index contributed by atoms with van der Waals surface area (Å²) in [5.41, 5.74) is 4.15. The van der Waals surface area contributed by atoms with Crippen molar-refractivity contribution in [3.8, 4) is 12.5 Å². The van der Waals surface area contributed by atoms with E-state index in [9.17, 15) is 14.4 Å². The van der Waals surface area contributed by atoms with Crippen LogP contribution >= 0.6 is 0 Å². The lowest BCUT2D eigenvalue weighted by atomic mass is 9.97. The number of nitrogens with one attached hydrogen (secondary N) is 2. The SMILES string of the molecule is C#CN(C(=O)CNC(=O)OC(C)(C)C)C(C(=O)Nc1c(C)cccc1C)c1ccc(C)cc1C. The van der Waals surface area contributed by atoms with Crippen LogP contribution in [0.25, 0.3) is 0 Å². The smallest absolute Gasteiger partial charge is 0.408 e. The fourth-order valence-corrected chi connectivity index (χ4v) is 3.57. The Labute approximate surface area is 201 Å². The lowest BCUT2D eigenvalue weighted by Gasteiger charge is -2.28. The Morgan fingerprint density at radius 1 is 1.03 bits per heavy atom. The highest BCUT2D eigenvalue weighted by molar-refractivity contribution is 6.00. The molecular weight excluding hydrogens is 430 g/mol. The fraction of sp³-hybridized carbons (Fsp3) is 0.370. The summed E-state index contributed by atoms with van der Waals surface area (Å²) in [6.07, 6.45) is 4.97. The van der Waals surface area contributed by atoms with Crippen LogP contribution < -0.4 is 10.6 Å². The van der Waals surface area contributed by atoms with Gasteiger partial charge in [0, 0.05) is 11.7 Å². The normalized spacial score (nSPS) is 11.7. The molecule has 0 spiro atoms. The highest BCUT2D eigenvalue weighted by atomic mass is 16.6. The van der Waals surface area contributed by atoms with Crippen LogP contribution in [0, 0.1) is 40.2 Å². The van der Waals surface area contributed by atoms with Gasteiger partial charge in [-0.15, -0.1) is 0 Å². The van der Waals surface area contributed by atoms with E-state index < -0.39 is 36.1 Å². The summed E-state index contributed by atoms with van der Waals surface area (Å²) >= 11 is 0. The fourth-order valence-electron chi connectivity index (χ4n) is 3.57. The number of carbonyl (C=O) groups is 3. The zero-order chi connectivity index (χ0) is 25.6. The Morgan fingerprint density at radius 3 is 2.18 bits per heavy atom. The van der Waals surface area contributed by atoms with Crippen molar-refractivity contribution in [2.45, 2.75) is 60.1 Å². The number of aryl methyl sites for hydroxylation is 4. The molecule has 0 saturated carbocycles. The average molecular weight is 464 g/mol. The number of para-hydroxylation sites is 1. The first kappa shape index (κ1) is 26.5. The Hall–Kier alpha value is -3.79. The molecule has 1 atom stereocenters. The van der Waals surface area contributed by atoms with Gasteiger partial charge < -0.3 is 15.4 Å². The molecule has 0 fully saturated rings. The standard InChI is InChI=1S/C27H33N3O4/c1-9-30(22(31)16-28-26(33)34-27(6,7)8)24(21-14-13-17(2)15-20(21)5)25(32)29-23-18(3)11-10-12-19(23)4/h1,10-15,24H,16H2,2-8H3,(H,28,33)(H,29,32). The van der Waals surface area contributed by atoms with Gasteiger partial charge in [-0.25, -0.2) is 4.79 Å². The number of nitrogens with zero attached hydrogens (tertiary/aromatic N) is 1. The Balaban J connectivity index is 2.39. The molecule has 0 aliphatic carbocycles. The summed E-state index contributed by atoms with van der Waals surface area (Å²) in [6.45, 7) is 12.3. The van der Waals surface area contributed by atoms with Gasteiger partial charge in [-0.3, -0.25) is 14.5 Å². The van der Waals surface area contributed by atoms with E-state index in [-0.39, 0.29) is 0 Å². The lowest BCUT2D eigenvalue weighted by molar-refractivity contribution is -0.134. The van der Waals surface area contributed by atoms with Crippen LogP contribution in [0.15, 0.2) is 36.4 Å². The number of terminal acetylenes is 1. The highest BCUT2D eigenvalue weighted by Gasteiger charge is 2.32. The summed E-state index contributed by atoms with van der Waals surface area (Å²) in [5.74, 6) is -1.07. The third-order valence-corrected chi connectivity index (χ3v) is 5.15. The summed E-state index contributed by atoms with van der Waals surface area (Å²) in [6, 6.07) is 12.5. The van der Waals surface area contributed by atoms with Crippen LogP contribution in [0.2, 0.25) is 0 Å². The maximum absolute atomic E-state index is 13.6. The van der Waals surface area contributed by atoms with Gasteiger partial charge in [0.25, 0.3) is 11.8 Å². The van der Waals surface area contributed by atoms with Crippen molar-refractivity contribution >= 4 is 23.6 Å². The van der Waals surface area contributed by atoms with Crippen LogP contribution in [0.4, 0.5) is 10.5 Å². The van der Waals surface area contributed by atoms with Crippen molar-refractivity contribution in [2.75, 3.05) is 11.9 Å². The topological polar surface area (TPSA) is 87.7 Å². The summed E-state index contributed by atoms with van der Waals surface area (Å²) in [4.78, 5) is 39.7. The molecule has 180 valence electrons. The van der Waals surface area contributed by atoms with Crippen LogP contribution in [-0.2, 0) is 14.3 Å². The summed E-state index contributed by atoms with van der Waals surface area (Å²) < 4.78 is 5.18. The number of carbonyl (C=O) groups excluding carboxylic acids is 3. The third-order valence-electron chi connectivity index (χ3n) is 5.15. The molecule has 7 heteroatoms. The second kappa shape index (κ2) is 10.9. The van der Waals surface area contributed by atoms with Crippen LogP contribution in [0.1, 0.15) is 54.6 Å². The highest BCUT2D eigenvalue weighted by Crippen LogP contribution is 2.28. The first-order valence-corrected chi connectivity index (χ1v) is 11.0. The van der Waals surface area contributed by atoms with Gasteiger partial charge in [0.2, 0.25) is 0 Å². The number of hydrogen-bond acceptors (Lipinski definition) is 4. The van der Waals surface area contributed by atoms with Gasteiger partial charge in [0.15, 0.2) is 0 Å². The molecule has 2 N–H and O–H groups in total. The second-order valence-electron chi connectivity index (χ2n) is 9.27. The molecule has 0 heterocycles. The third kappa shape index (κ3) is 6.85. The predicted molar refractivity (Wildman–Crippen MR) is 133 cm³/mol. The van der Waals surface area contributed by atoms with Crippen LogP contribution in [-0.4, -0.2) is 35.0 Å². The van der Waals surface area contributed by atoms with Crippen LogP contribution in [0.3, 0.4) is 0 Å². The molecule has 7 nitrogen and oxygen atoms in total. The molecule has 2 aromatic rings. The Bertz CT molecular complexity index is 1110. The Kier molecular flexibility index (Phi) is 8.47. The number of ether oxygens (including phenoxy) is 1. The number of amides is 3. The minimum Gasteiger partial charge on any atom is -0.444 e. The van der Waals surface area contributed by atoms with Gasteiger partial charge in [-0.2, -0.15) is 0 Å². The van der Waals surface area contributed by atoms with E-state index in [0.717, 1.165) is 27.2 Å². The van der Waals surface area contributed by atoms with Crippen molar-refractivity contribution in [1.82, 2.24) is 10.2 Å². The van der Waals surface area contributed by atoms with E-state index in [1.807, 2.05) is 58.0 Å². The van der Waals surface area contributed by atoms with Crippen molar-refractivity contribution in [2.24, 2.45) is 0 Å². The largest absolute Gasteiger partial charge is 0.444 e. The number of benzene rings is 2. The minimum absolute atomic E-state index is 0.419. The molecule has 0 bridgehead atoms. The van der Waals surface area contributed by atoms with E-state index >= 15 is 0 Å². The maximum atomic E-state index is 13.6. The molecular formula is C27H33N3O4. The quantitative estimate of drug-likeness (QED) is 0.486. The number of rotatable bonds is 6. The summed E-state index contributed by atoms with van der Waals surface area (Å²) in [5, 5.41) is 5.36. The molecule has 0 aliphatic rings. The van der Waals surface area contributed by atoms with E-state index in [1.165, 1.54) is 0 Å². The van der Waals surface area contributed by atoms with Crippen LogP contribution in [0.5, 0.6) is 0 Å². The predicted octanol–water partition coefficient (Wildman–Crippen LogP) is 4.54. The van der Waals surface area contributed by atoms with Crippen molar-refractivity contribution in [3.05, 3.63) is 64.2 Å². The molecule has 0 saturated heterocycles. The van der Waals surface area contributed by atoms with Crippen molar-refractivity contribution in [1.29, 1.82) is 0 Å². The van der Waals surface area contributed by atoms with Gasteiger partial charge >= 0.3 is 6.09 Å². The van der Waals surface area contributed by atoms with E-state index in [0.29, 0.717) is 11.3 Å². The summed E-state index contributed by atoms with van der Waals surface area (Å²) in [7, 11) is 0. The molecule has 0 aromatic heterocycles. The molecule has 2 rings (SSSR count). The number of hydrogen-bond donors (Lipinski definition) is 2. The molecule has 2 aromatic carbocycles. The molecule has 34 heavy (non-hydrogen) atoms. The Morgan fingerprint density at radius 2 is 1.65 bits per heavy atom. The zero-order valence-electron chi connectivity index (χ0n) is 20.9. The number of anilines is 1. The molecule has 0 aliphatic heterocycles. The van der Waals surface area contributed by atoms with Crippen molar-refractivity contribution < 1.29 is 19.1 Å². The minimum atomic E-state index is -1.10. The first-order chi connectivity index (χ1) is 15.8. The molecule has 1 unspecified atom stereocenters. The monoisotopic (exact) mass is 463 g/mol. The molecule has 3 amide bonds. The first-order valence-electron chi connectivity index (χ1n) is 11.0. The lowest BCUT2D eigenvalue weighted by Crippen LogP contribution is -2.44. The van der Waals surface area contributed by atoms with Gasteiger partial charge in [-0.1, -0.05) is 48.4 Å². The average Bonchev–Trinajstić information content (AvgIpc) is 2.72. The van der Waals surface area contributed by atoms with Gasteiger partial charge in [0.05, 0.1) is 0 Å². The maximum Gasteiger partial charge on any atom is 0.408 e. The van der Waals surface area contributed by atoms with E-state index in [4.69, 9.17) is 11.2 Å². The number of alkyl carbamates (subject to hydrolysis) is 1. The van der Waals surface area contributed by atoms with E-state index in [1.54, 1.807) is 26.8 Å². The molecule has 0 radical (unpaired) electrons. The van der Waals surface area contributed by atoms with Gasteiger partial charge in [0.1, 0.15) is 18.2 Å².